The summed E-state index contributed by atoms with van der Waals surface area (Å²) in [5, 5.41) is 3.29. The molecule has 0 fully saturated rings. The first-order valence-electron chi connectivity index (χ1n) is 17.5. The lowest BCUT2D eigenvalue weighted by molar-refractivity contribution is -0.135. The minimum absolute atomic E-state index is 0.194. The van der Waals surface area contributed by atoms with Crippen molar-refractivity contribution >= 4 is 33.5 Å². The molecule has 0 aromatic heterocycles. The van der Waals surface area contributed by atoms with E-state index in [9.17, 15) is 9.59 Å². The molecule has 3 aromatic rings. The van der Waals surface area contributed by atoms with E-state index in [4.69, 9.17) is 9.47 Å². The largest absolute Gasteiger partial charge is 0.425 e. The molecule has 4 nitrogen and oxygen atoms in total. The maximum atomic E-state index is 13.1. The number of rotatable bonds is 22. The first-order chi connectivity index (χ1) is 21.1. The van der Waals surface area contributed by atoms with Gasteiger partial charge in [-0.1, -0.05) is 147 Å². The molecule has 3 aromatic carbocycles. The highest BCUT2D eigenvalue weighted by molar-refractivity contribution is 6.12. The zero-order valence-corrected chi connectivity index (χ0v) is 27.3. The van der Waals surface area contributed by atoms with E-state index in [1.807, 2.05) is 30.3 Å². The highest BCUT2D eigenvalue weighted by Gasteiger charge is 2.20. The summed E-state index contributed by atoms with van der Waals surface area (Å²) in [5.41, 5.74) is 1.21. The van der Waals surface area contributed by atoms with Crippen LogP contribution in [0.4, 0.5) is 0 Å². The Kier molecular flexibility index (Phi) is 16.2. The number of ether oxygens (including phenoxy) is 2. The van der Waals surface area contributed by atoms with E-state index in [1.54, 1.807) is 0 Å². The first kappa shape index (κ1) is 34.6. The van der Waals surface area contributed by atoms with Crippen LogP contribution in [0.5, 0.6) is 11.5 Å². The highest BCUT2D eigenvalue weighted by Crippen LogP contribution is 2.43. The Bertz CT molecular complexity index is 1260. The van der Waals surface area contributed by atoms with Crippen LogP contribution in [0, 0.1) is 0 Å². The summed E-state index contributed by atoms with van der Waals surface area (Å²) in [6.07, 6.45) is 21.4. The van der Waals surface area contributed by atoms with Gasteiger partial charge in [-0.25, -0.2) is 0 Å². The summed E-state index contributed by atoms with van der Waals surface area (Å²) in [7, 11) is 0. The number of carbonyl (C=O) groups is 2. The van der Waals surface area contributed by atoms with Crippen LogP contribution >= 0.6 is 0 Å². The molecule has 0 radical (unpaired) electrons. The number of benzene rings is 3. The molecular weight excluding hydrogens is 532 g/mol. The third-order valence-corrected chi connectivity index (χ3v) is 8.46. The van der Waals surface area contributed by atoms with Gasteiger partial charge in [0, 0.05) is 34.4 Å². The van der Waals surface area contributed by atoms with Crippen molar-refractivity contribution in [3.63, 3.8) is 0 Å². The van der Waals surface area contributed by atoms with Crippen LogP contribution in [0.3, 0.4) is 0 Å². The van der Waals surface area contributed by atoms with Gasteiger partial charge in [-0.15, -0.1) is 0 Å². The Morgan fingerprint density at radius 3 is 1.42 bits per heavy atom. The summed E-state index contributed by atoms with van der Waals surface area (Å²) in [6.45, 7) is 6.66. The molecule has 0 bridgehead atoms. The molecule has 236 valence electrons. The van der Waals surface area contributed by atoms with Crippen molar-refractivity contribution in [1.29, 1.82) is 0 Å². The monoisotopic (exact) mass is 588 g/mol. The van der Waals surface area contributed by atoms with E-state index in [2.05, 4.69) is 32.9 Å². The third-order valence-electron chi connectivity index (χ3n) is 8.46. The van der Waals surface area contributed by atoms with Crippen LogP contribution in [0.2, 0.25) is 0 Å². The molecule has 3 rings (SSSR count). The molecule has 0 amide bonds. The van der Waals surface area contributed by atoms with Crippen LogP contribution < -0.4 is 9.47 Å². The van der Waals surface area contributed by atoms with Crippen molar-refractivity contribution in [3.05, 3.63) is 48.0 Å². The molecule has 4 heteroatoms. The Morgan fingerprint density at radius 1 is 0.488 bits per heavy atom. The van der Waals surface area contributed by atoms with E-state index in [0.717, 1.165) is 60.1 Å². The van der Waals surface area contributed by atoms with Crippen molar-refractivity contribution in [2.75, 3.05) is 0 Å². The van der Waals surface area contributed by atoms with E-state index in [-0.39, 0.29) is 11.9 Å². The lowest BCUT2D eigenvalue weighted by Gasteiger charge is -2.17. The maximum Gasteiger partial charge on any atom is 0.311 e. The van der Waals surface area contributed by atoms with Gasteiger partial charge in [0.05, 0.1) is 0 Å². The van der Waals surface area contributed by atoms with E-state index < -0.39 is 0 Å². The topological polar surface area (TPSA) is 52.6 Å². The minimum atomic E-state index is -0.198. The Hall–Kier alpha value is -2.88. The average molecular weight is 589 g/mol. The van der Waals surface area contributed by atoms with Gasteiger partial charge in [0.15, 0.2) is 0 Å². The second-order valence-corrected chi connectivity index (χ2v) is 12.2. The quantitative estimate of drug-likeness (QED) is 0.0507. The zero-order chi connectivity index (χ0) is 30.7. The Morgan fingerprint density at radius 2 is 0.907 bits per heavy atom. The Balaban J connectivity index is 1.82. The summed E-state index contributed by atoms with van der Waals surface area (Å²) < 4.78 is 12.3. The van der Waals surface area contributed by atoms with Gasteiger partial charge in [-0.2, -0.15) is 0 Å². The number of unbranched alkanes of at least 4 members (excludes halogenated alkanes) is 14. The highest BCUT2D eigenvalue weighted by atomic mass is 16.5. The molecule has 0 aliphatic heterocycles. The van der Waals surface area contributed by atoms with Crippen LogP contribution in [-0.2, 0) is 16.0 Å². The smallest absolute Gasteiger partial charge is 0.311 e. The van der Waals surface area contributed by atoms with Crippen molar-refractivity contribution in [2.45, 2.75) is 149 Å². The third kappa shape index (κ3) is 11.6. The summed E-state index contributed by atoms with van der Waals surface area (Å²) >= 11 is 0. The summed E-state index contributed by atoms with van der Waals surface area (Å²) in [5.74, 6) is 0.768. The SMILES string of the molecule is CCCCCCCCCC(=O)Oc1c2ccccc2c(OC(=O)CCCCCCCCC)c2cc(CCCCC)ccc12. The molecule has 0 saturated carbocycles. The van der Waals surface area contributed by atoms with Crippen LogP contribution in [-0.4, -0.2) is 11.9 Å². The van der Waals surface area contributed by atoms with E-state index in [1.165, 1.54) is 82.6 Å². The van der Waals surface area contributed by atoms with Crippen molar-refractivity contribution < 1.29 is 19.1 Å². The Labute approximate surface area is 260 Å². The zero-order valence-electron chi connectivity index (χ0n) is 27.3. The molecule has 43 heavy (non-hydrogen) atoms. The molecule has 0 heterocycles. The standard InChI is InChI=1S/C39H56O4/c1-4-7-10-12-14-16-19-26-36(40)42-38-32-24-21-22-25-33(32)39(43-37(41)27-20-17-15-13-11-8-5-2)35-30-31(23-18-9-6-3)28-29-34(35)38/h21-22,24-25,28-30H,4-20,23,26-27H2,1-3H3. The molecule has 0 N–H and O–H groups in total. The van der Waals surface area contributed by atoms with Gasteiger partial charge in [0.2, 0.25) is 0 Å². The van der Waals surface area contributed by atoms with Gasteiger partial charge in [0.25, 0.3) is 0 Å². The average Bonchev–Trinajstić information content (AvgIpc) is 3.01. The molecule has 0 atom stereocenters. The fourth-order valence-electron chi connectivity index (χ4n) is 5.88. The lowest BCUT2D eigenvalue weighted by atomic mass is 9.97. The predicted octanol–water partition coefficient (Wildman–Crippen LogP) is 11.8. The van der Waals surface area contributed by atoms with Crippen molar-refractivity contribution in [3.8, 4) is 11.5 Å². The second kappa shape index (κ2) is 20.1. The fourth-order valence-corrected chi connectivity index (χ4v) is 5.88. The van der Waals surface area contributed by atoms with Crippen molar-refractivity contribution in [2.24, 2.45) is 0 Å². The number of carbonyl (C=O) groups excluding carboxylic acids is 2. The van der Waals surface area contributed by atoms with Gasteiger partial charge < -0.3 is 9.47 Å². The summed E-state index contributed by atoms with van der Waals surface area (Å²) in [4.78, 5) is 26.2. The van der Waals surface area contributed by atoms with Crippen LogP contribution in [0.25, 0.3) is 21.5 Å². The van der Waals surface area contributed by atoms with Gasteiger partial charge >= 0.3 is 11.9 Å². The van der Waals surface area contributed by atoms with E-state index >= 15 is 0 Å². The normalized spacial score (nSPS) is 11.3. The van der Waals surface area contributed by atoms with Crippen molar-refractivity contribution in [1.82, 2.24) is 0 Å². The second-order valence-electron chi connectivity index (χ2n) is 12.2. The fraction of sp³-hybridized carbons (Fsp3) is 0.590. The van der Waals surface area contributed by atoms with E-state index in [0.29, 0.717) is 24.3 Å². The summed E-state index contributed by atoms with van der Waals surface area (Å²) in [6, 6.07) is 14.2. The van der Waals surface area contributed by atoms with Crippen LogP contribution in [0.1, 0.15) is 148 Å². The van der Waals surface area contributed by atoms with Gasteiger partial charge in [-0.05, 0) is 37.3 Å². The first-order valence-corrected chi connectivity index (χ1v) is 17.5. The molecule has 0 aliphatic carbocycles. The number of aryl methyl sites for hydroxylation is 1. The maximum absolute atomic E-state index is 13.1. The molecule has 0 spiro atoms. The van der Waals surface area contributed by atoms with Gasteiger partial charge in [-0.3, -0.25) is 9.59 Å². The molecular formula is C39H56O4. The van der Waals surface area contributed by atoms with Gasteiger partial charge in [0.1, 0.15) is 11.5 Å². The molecule has 0 saturated heterocycles. The molecule has 0 unspecified atom stereocenters. The number of esters is 2. The number of hydrogen-bond acceptors (Lipinski definition) is 4. The van der Waals surface area contributed by atoms with Crippen LogP contribution in [0.15, 0.2) is 42.5 Å². The predicted molar refractivity (Wildman–Crippen MR) is 181 cm³/mol. The molecule has 0 aliphatic rings. The number of hydrogen-bond donors (Lipinski definition) is 0. The lowest BCUT2D eigenvalue weighted by Crippen LogP contribution is -2.11. The minimum Gasteiger partial charge on any atom is -0.425 e. The number of fused-ring (bicyclic) bond motifs is 2.